The molecule has 2 rings (SSSR count). The first-order valence-electron chi connectivity index (χ1n) is 7.35. The fourth-order valence-corrected chi connectivity index (χ4v) is 3.02. The van der Waals surface area contributed by atoms with Gasteiger partial charge in [-0.05, 0) is 12.8 Å². The van der Waals surface area contributed by atoms with Crippen molar-refractivity contribution in [2.24, 2.45) is 0 Å². The van der Waals surface area contributed by atoms with E-state index >= 15 is 0 Å². The van der Waals surface area contributed by atoms with Crippen molar-refractivity contribution in [3.05, 3.63) is 0 Å². The summed E-state index contributed by atoms with van der Waals surface area (Å²) in [6.07, 6.45) is 7.89. The van der Waals surface area contributed by atoms with Gasteiger partial charge in [0.05, 0.1) is 11.2 Å². The molecule has 1 heterocycles. The Hall–Kier alpha value is -0.160. The molecule has 1 saturated carbocycles. The molecule has 0 aromatic heterocycles. The Morgan fingerprint density at radius 3 is 1.83 bits per heavy atom. The molecule has 0 unspecified atom stereocenters. The van der Waals surface area contributed by atoms with Gasteiger partial charge >= 0.3 is 0 Å². The fraction of sp³-hybridized carbons (Fsp3) is 1.00. The standard InChI is InChI=1S/C14H27NO3/c16-13(5-3-1-2-4-6-13)11-15-12-14(17)7-9-18-10-8-14/h15-17H,1-12H2. The summed E-state index contributed by atoms with van der Waals surface area (Å²) in [6, 6.07) is 0. The predicted octanol–water partition coefficient (Wildman–Crippen LogP) is 1.20. The van der Waals surface area contributed by atoms with E-state index in [1.165, 1.54) is 12.8 Å². The molecule has 1 aliphatic heterocycles. The van der Waals surface area contributed by atoms with E-state index in [0.29, 0.717) is 39.1 Å². The van der Waals surface area contributed by atoms with Crippen LogP contribution in [-0.2, 0) is 4.74 Å². The van der Waals surface area contributed by atoms with Crippen LogP contribution in [0.4, 0.5) is 0 Å². The van der Waals surface area contributed by atoms with Gasteiger partial charge in [-0.25, -0.2) is 0 Å². The van der Waals surface area contributed by atoms with Gasteiger partial charge < -0.3 is 20.3 Å². The van der Waals surface area contributed by atoms with E-state index in [1.54, 1.807) is 0 Å². The van der Waals surface area contributed by atoms with E-state index in [-0.39, 0.29) is 0 Å². The molecule has 1 saturated heterocycles. The first kappa shape index (κ1) is 14.3. The number of hydrogen-bond acceptors (Lipinski definition) is 4. The topological polar surface area (TPSA) is 61.7 Å². The molecule has 2 fully saturated rings. The molecule has 0 spiro atoms. The molecule has 0 aromatic carbocycles. The fourth-order valence-electron chi connectivity index (χ4n) is 3.02. The lowest BCUT2D eigenvalue weighted by Gasteiger charge is -2.34. The van der Waals surface area contributed by atoms with Gasteiger partial charge in [0.1, 0.15) is 0 Å². The van der Waals surface area contributed by atoms with Gasteiger partial charge in [-0.15, -0.1) is 0 Å². The molecule has 0 radical (unpaired) electrons. The Kier molecular flexibility index (Phi) is 5.01. The van der Waals surface area contributed by atoms with Gasteiger partial charge in [-0.3, -0.25) is 0 Å². The van der Waals surface area contributed by atoms with Crippen molar-refractivity contribution < 1.29 is 14.9 Å². The van der Waals surface area contributed by atoms with Crippen LogP contribution in [0.1, 0.15) is 51.4 Å². The number of rotatable bonds is 4. The maximum absolute atomic E-state index is 10.5. The lowest BCUT2D eigenvalue weighted by molar-refractivity contribution is -0.0650. The highest BCUT2D eigenvalue weighted by Crippen LogP contribution is 2.26. The van der Waals surface area contributed by atoms with Crippen molar-refractivity contribution in [3.8, 4) is 0 Å². The van der Waals surface area contributed by atoms with E-state index < -0.39 is 11.2 Å². The summed E-state index contributed by atoms with van der Waals surface area (Å²) in [6.45, 7) is 2.46. The largest absolute Gasteiger partial charge is 0.389 e. The summed E-state index contributed by atoms with van der Waals surface area (Å²) in [5.41, 5.74) is -1.20. The Bertz CT molecular complexity index is 243. The molecular formula is C14H27NO3. The van der Waals surface area contributed by atoms with Crippen molar-refractivity contribution in [2.75, 3.05) is 26.3 Å². The highest BCUT2D eigenvalue weighted by Gasteiger charge is 2.32. The summed E-state index contributed by atoms with van der Waals surface area (Å²) >= 11 is 0. The molecule has 4 nitrogen and oxygen atoms in total. The van der Waals surface area contributed by atoms with E-state index in [9.17, 15) is 10.2 Å². The van der Waals surface area contributed by atoms with Gasteiger partial charge in [-0.2, -0.15) is 0 Å². The van der Waals surface area contributed by atoms with Crippen molar-refractivity contribution in [2.45, 2.75) is 62.6 Å². The van der Waals surface area contributed by atoms with Crippen molar-refractivity contribution in [1.29, 1.82) is 0 Å². The van der Waals surface area contributed by atoms with Crippen LogP contribution in [-0.4, -0.2) is 47.7 Å². The van der Waals surface area contributed by atoms with E-state index in [1.807, 2.05) is 0 Å². The highest BCUT2D eigenvalue weighted by atomic mass is 16.5. The summed E-state index contributed by atoms with van der Waals surface area (Å²) in [5.74, 6) is 0. The minimum absolute atomic E-state index is 0.558. The van der Waals surface area contributed by atoms with Crippen LogP contribution in [0, 0.1) is 0 Å². The van der Waals surface area contributed by atoms with Crippen LogP contribution < -0.4 is 5.32 Å². The molecule has 106 valence electrons. The first-order valence-corrected chi connectivity index (χ1v) is 7.35. The Morgan fingerprint density at radius 2 is 1.28 bits per heavy atom. The second-order valence-electron chi connectivity index (χ2n) is 6.08. The van der Waals surface area contributed by atoms with E-state index in [2.05, 4.69) is 5.32 Å². The van der Waals surface area contributed by atoms with Crippen LogP contribution in [0.25, 0.3) is 0 Å². The zero-order valence-electron chi connectivity index (χ0n) is 11.3. The SMILES string of the molecule is OC1(CNCC2(O)CCOCC2)CCCCCC1. The molecular weight excluding hydrogens is 230 g/mol. The van der Waals surface area contributed by atoms with Crippen LogP contribution >= 0.6 is 0 Å². The number of aliphatic hydroxyl groups is 2. The van der Waals surface area contributed by atoms with Crippen LogP contribution in [0.3, 0.4) is 0 Å². The zero-order chi connectivity index (χ0) is 12.9. The maximum atomic E-state index is 10.5. The van der Waals surface area contributed by atoms with Gasteiger partial charge in [0.2, 0.25) is 0 Å². The van der Waals surface area contributed by atoms with Crippen LogP contribution in [0.5, 0.6) is 0 Å². The quantitative estimate of drug-likeness (QED) is 0.662. The van der Waals surface area contributed by atoms with Gasteiger partial charge in [0.15, 0.2) is 0 Å². The smallest absolute Gasteiger partial charge is 0.0815 e. The van der Waals surface area contributed by atoms with E-state index in [4.69, 9.17) is 4.74 Å². The monoisotopic (exact) mass is 257 g/mol. The Balaban J connectivity index is 1.73. The lowest BCUT2D eigenvalue weighted by Crippen LogP contribution is -2.49. The molecule has 4 heteroatoms. The summed E-state index contributed by atoms with van der Waals surface area (Å²) in [4.78, 5) is 0. The molecule has 0 aromatic rings. The summed E-state index contributed by atoms with van der Waals surface area (Å²) in [5, 5.41) is 24.1. The molecule has 0 amide bonds. The second-order valence-corrected chi connectivity index (χ2v) is 6.08. The Morgan fingerprint density at radius 1 is 0.778 bits per heavy atom. The minimum atomic E-state index is -0.640. The highest BCUT2D eigenvalue weighted by molar-refractivity contribution is 4.87. The third kappa shape index (κ3) is 4.19. The third-order valence-electron chi connectivity index (χ3n) is 4.37. The second kappa shape index (κ2) is 6.33. The van der Waals surface area contributed by atoms with Crippen molar-refractivity contribution in [1.82, 2.24) is 5.32 Å². The lowest BCUT2D eigenvalue weighted by atomic mass is 9.92. The minimum Gasteiger partial charge on any atom is -0.389 e. The van der Waals surface area contributed by atoms with Crippen molar-refractivity contribution >= 4 is 0 Å². The Labute approximate surface area is 110 Å². The van der Waals surface area contributed by atoms with Gasteiger partial charge in [0.25, 0.3) is 0 Å². The molecule has 0 bridgehead atoms. The first-order chi connectivity index (χ1) is 8.62. The predicted molar refractivity (Wildman–Crippen MR) is 70.5 cm³/mol. The number of hydrogen-bond donors (Lipinski definition) is 3. The summed E-state index contributed by atoms with van der Waals surface area (Å²) in [7, 11) is 0. The normalized spacial score (nSPS) is 27.7. The molecule has 2 aliphatic rings. The van der Waals surface area contributed by atoms with Gasteiger partial charge in [0, 0.05) is 39.1 Å². The van der Waals surface area contributed by atoms with Crippen molar-refractivity contribution in [3.63, 3.8) is 0 Å². The van der Waals surface area contributed by atoms with Crippen LogP contribution in [0.15, 0.2) is 0 Å². The molecule has 3 N–H and O–H groups in total. The maximum Gasteiger partial charge on any atom is 0.0815 e. The number of ether oxygens (including phenoxy) is 1. The average Bonchev–Trinajstić information content (AvgIpc) is 2.55. The number of nitrogens with one attached hydrogen (secondary N) is 1. The van der Waals surface area contributed by atoms with Crippen LogP contribution in [0.2, 0.25) is 0 Å². The summed E-state index contributed by atoms with van der Waals surface area (Å²) < 4.78 is 5.26. The van der Waals surface area contributed by atoms with Gasteiger partial charge in [-0.1, -0.05) is 25.7 Å². The zero-order valence-corrected chi connectivity index (χ0v) is 11.3. The molecule has 0 atom stereocenters. The molecule has 18 heavy (non-hydrogen) atoms. The third-order valence-corrected chi connectivity index (χ3v) is 4.37. The van der Waals surface area contributed by atoms with E-state index in [0.717, 1.165) is 25.7 Å². The average molecular weight is 257 g/mol. The molecule has 1 aliphatic carbocycles.